The number of imidazole rings is 1. The van der Waals surface area contributed by atoms with E-state index in [4.69, 9.17) is 19.7 Å². The smallest absolute Gasteiger partial charge is 0.296 e. The first kappa shape index (κ1) is 32.1. The second-order valence-corrected chi connectivity index (χ2v) is 13.3. The lowest BCUT2D eigenvalue weighted by atomic mass is 9.89. The van der Waals surface area contributed by atoms with Crippen LogP contribution in [0.4, 0.5) is 20.7 Å². The van der Waals surface area contributed by atoms with Crippen molar-refractivity contribution in [2.75, 3.05) is 49.6 Å². The van der Waals surface area contributed by atoms with Crippen LogP contribution in [0.1, 0.15) is 56.5 Å². The maximum absolute atomic E-state index is 14.3. The number of nitrogens with one attached hydrogen (secondary N) is 1. The molecule has 2 aliphatic rings. The lowest BCUT2D eigenvalue weighted by Crippen LogP contribution is -2.39. The lowest BCUT2D eigenvalue weighted by Gasteiger charge is -2.30. The van der Waals surface area contributed by atoms with Gasteiger partial charge in [-0.2, -0.15) is 15.0 Å². The van der Waals surface area contributed by atoms with Gasteiger partial charge in [-0.1, -0.05) is 61.0 Å². The number of halogens is 2. The van der Waals surface area contributed by atoms with E-state index in [1.54, 1.807) is 24.3 Å². The Morgan fingerprint density at radius 1 is 0.812 bits per heavy atom. The molecule has 3 aromatic carbocycles. The van der Waals surface area contributed by atoms with Crippen LogP contribution in [-0.4, -0.2) is 74.3 Å². The van der Waals surface area contributed by atoms with Crippen LogP contribution >= 0.6 is 0 Å². The van der Waals surface area contributed by atoms with Crippen LogP contribution in [0.3, 0.4) is 0 Å². The second-order valence-electron chi connectivity index (χ2n) is 13.3. The standard InChI is InChI=1S/C37H42F2N8O/c1-37(2,24-28-12-4-5-14-29(28)27-13-10-11-26(23-27)25-45-17-8-3-9-18-45)44-34-41-35(46-19-21-48-22-20-46)43-36(42-34)47-31-16-7-6-15-30(31)40-33(47)32(38)39/h4-7,10-16,23,32H,3,8-9,17-22,24-25H2,1-2H3,(H,41,42,43,44). The summed E-state index contributed by atoms with van der Waals surface area (Å²) < 4.78 is 35.6. The molecule has 9 nitrogen and oxygen atoms in total. The largest absolute Gasteiger partial charge is 0.378 e. The third-order valence-electron chi connectivity index (χ3n) is 9.08. The predicted octanol–water partition coefficient (Wildman–Crippen LogP) is 7.07. The molecule has 0 unspecified atom stereocenters. The van der Waals surface area contributed by atoms with E-state index in [9.17, 15) is 8.78 Å². The number of ether oxygens (including phenoxy) is 1. The zero-order valence-electron chi connectivity index (χ0n) is 27.6. The average Bonchev–Trinajstić information content (AvgIpc) is 3.49. The number of fused-ring (bicyclic) bond motifs is 1. The van der Waals surface area contributed by atoms with Gasteiger partial charge in [0.05, 0.1) is 24.2 Å². The minimum Gasteiger partial charge on any atom is -0.378 e. The summed E-state index contributed by atoms with van der Waals surface area (Å²) in [6, 6.07) is 24.4. The van der Waals surface area contributed by atoms with Crippen molar-refractivity contribution in [2.24, 2.45) is 0 Å². The van der Waals surface area contributed by atoms with Crippen molar-refractivity contribution >= 4 is 22.9 Å². The number of hydrogen-bond donors (Lipinski definition) is 1. The summed E-state index contributed by atoms with van der Waals surface area (Å²) in [5, 5.41) is 3.54. The molecule has 0 amide bonds. The SMILES string of the molecule is CC(C)(Cc1ccccc1-c1cccc(CN2CCCCC2)c1)Nc1nc(N2CCOCC2)nc(-n2c(C(F)F)nc3ccccc32)n1. The van der Waals surface area contributed by atoms with Crippen LogP contribution in [0.5, 0.6) is 0 Å². The number of alkyl halides is 2. The molecule has 0 saturated carbocycles. The fraction of sp³-hybridized carbons (Fsp3) is 0.405. The van der Waals surface area contributed by atoms with Crippen molar-refractivity contribution in [3.8, 4) is 17.1 Å². The predicted molar refractivity (Wildman–Crippen MR) is 185 cm³/mol. The number of benzene rings is 3. The van der Waals surface area contributed by atoms with Crippen LogP contribution in [0.2, 0.25) is 0 Å². The number of anilines is 2. The van der Waals surface area contributed by atoms with Gasteiger partial charge in [0.25, 0.3) is 6.43 Å². The number of nitrogens with zero attached hydrogens (tertiary/aromatic N) is 7. The minimum absolute atomic E-state index is 0.0970. The number of hydrogen-bond acceptors (Lipinski definition) is 8. The highest BCUT2D eigenvalue weighted by Crippen LogP contribution is 2.31. The van der Waals surface area contributed by atoms with Crippen molar-refractivity contribution < 1.29 is 13.5 Å². The first-order valence-corrected chi connectivity index (χ1v) is 16.9. The van der Waals surface area contributed by atoms with E-state index >= 15 is 0 Å². The molecule has 4 heterocycles. The molecule has 0 bridgehead atoms. The summed E-state index contributed by atoms with van der Waals surface area (Å²) in [5.41, 5.74) is 5.34. The zero-order valence-corrected chi connectivity index (χ0v) is 27.6. The summed E-state index contributed by atoms with van der Waals surface area (Å²) in [7, 11) is 0. The molecule has 48 heavy (non-hydrogen) atoms. The van der Waals surface area contributed by atoms with Gasteiger partial charge in [0.2, 0.25) is 17.8 Å². The summed E-state index contributed by atoms with van der Waals surface area (Å²) in [6.07, 6.45) is 1.72. The molecule has 5 aromatic rings. The van der Waals surface area contributed by atoms with Gasteiger partial charge in [-0.3, -0.25) is 9.47 Å². The highest BCUT2D eigenvalue weighted by atomic mass is 19.3. The molecule has 1 N–H and O–H groups in total. The monoisotopic (exact) mass is 652 g/mol. The Balaban J connectivity index is 1.20. The summed E-state index contributed by atoms with van der Waals surface area (Å²) >= 11 is 0. The molecule has 0 spiro atoms. The van der Waals surface area contributed by atoms with E-state index in [2.05, 4.69) is 77.6 Å². The fourth-order valence-corrected chi connectivity index (χ4v) is 6.81. The van der Waals surface area contributed by atoms with E-state index in [0.29, 0.717) is 55.7 Å². The average molecular weight is 653 g/mol. The Morgan fingerprint density at radius 2 is 1.56 bits per heavy atom. The fourth-order valence-electron chi connectivity index (χ4n) is 6.81. The zero-order chi connectivity index (χ0) is 33.1. The van der Waals surface area contributed by atoms with Crippen molar-refractivity contribution in [1.82, 2.24) is 29.4 Å². The van der Waals surface area contributed by atoms with Crippen molar-refractivity contribution in [1.29, 1.82) is 0 Å². The molecule has 2 fully saturated rings. The molecule has 2 saturated heterocycles. The van der Waals surface area contributed by atoms with Crippen molar-refractivity contribution in [3.05, 3.63) is 89.7 Å². The number of rotatable bonds is 10. The molecular formula is C37H42F2N8O. The van der Waals surface area contributed by atoms with Crippen LogP contribution in [0.15, 0.2) is 72.8 Å². The summed E-state index contributed by atoms with van der Waals surface area (Å²) in [4.78, 5) is 23.0. The van der Waals surface area contributed by atoms with Crippen LogP contribution in [-0.2, 0) is 17.7 Å². The third-order valence-corrected chi connectivity index (χ3v) is 9.08. The van der Waals surface area contributed by atoms with Gasteiger partial charge in [-0.05, 0) is 86.7 Å². The minimum atomic E-state index is -2.82. The maximum Gasteiger partial charge on any atom is 0.296 e. The molecule has 0 aliphatic carbocycles. The Hall–Kier alpha value is -4.48. The van der Waals surface area contributed by atoms with Gasteiger partial charge in [0.15, 0.2) is 5.82 Å². The van der Waals surface area contributed by atoms with Gasteiger partial charge in [-0.25, -0.2) is 13.8 Å². The number of para-hydroxylation sites is 2. The second kappa shape index (κ2) is 13.9. The van der Waals surface area contributed by atoms with E-state index in [-0.39, 0.29) is 5.95 Å². The van der Waals surface area contributed by atoms with Crippen LogP contribution in [0, 0.1) is 0 Å². The van der Waals surface area contributed by atoms with Gasteiger partial charge >= 0.3 is 0 Å². The van der Waals surface area contributed by atoms with Gasteiger partial charge < -0.3 is 15.0 Å². The number of piperidine rings is 1. The highest BCUT2D eigenvalue weighted by Gasteiger charge is 2.27. The molecule has 7 rings (SSSR count). The van der Waals surface area contributed by atoms with Crippen LogP contribution < -0.4 is 10.2 Å². The number of likely N-dealkylation sites (tertiary alicyclic amines) is 1. The quantitative estimate of drug-likeness (QED) is 0.172. The Kier molecular flexibility index (Phi) is 9.32. The van der Waals surface area contributed by atoms with Crippen molar-refractivity contribution in [2.45, 2.75) is 58.0 Å². The van der Waals surface area contributed by atoms with Crippen molar-refractivity contribution in [3.63, 3.8) is 0 Å². The van der Waals surface area contributed by atoms with E-state index in [1.807, 2.05) is 4.90 Å². The topological polar surface area (TPSA) is 84.2 Å². The number of morpholine rings is 1. The van der Waals surface area contributed by atoms with Gasteiger partial charge in [0, 0.05) is 25.2 Å². The van der Waals surface area contributed by atoms with E-state index in [0.717, 1.165) is 19.6 Å². The summed E-state index contributed by atoms with van der Waals surface area (Å²) in [6.45, 7) is 9.72. The van der Waals surface area contributed by atoms with Gasteiger partial charge in [0.1, 0.15) is 0 Å². The molecule has 2 aromatic heterocycles. The van der Waals surface area contributed by atoms with E-state index < -0.39 is 17.8 Å². The molecule has 0 atom stereocenters. The molecule has 0 radical (unpaired) electrons. The molecular weight excluding hydrogens is 610 g/mol. The first-order valence-electron chi connectivity index (χ1n) is 16.9. The molecule has 250 valence electrons. The highest BCUT2D eigenvalue weighted by molar-refractivity contribution is 5.77. The Labute approximate surface area is 280 Å². The van der Waals surface area contributed by atoms with E-state index in [1.165, 1.54) is 46.1 Å². The van der Waals surface area contributed by atoms with Gasteiger partial charge in [-0.15, -0.1) is 0 Å². The lowest BCUT2D eigenvalue weighted by molar-refractivity contribution is 0.122. The maximum atomic E-state index is 14.3. The normalized spacial score (nSPS) is 16.1. The Morgan fingerprint density at radius 3 is 2.38 bits per heavy atom. The Bertz CT molecular complexity index is 1860. The molecule has 2 aliphatic heterocycles. The summed E-state index contributed by atoms with van der Waals surface area (Å²) in [5.74, 6) is 0.410. The van der Waals surface area contributed by atoms with Crippen LogP contribution in [0.25, 0.3) is 28.1 Å². The first-order chi connectivity index (χ1) is 23.3. The molecule has 11 heteroatoms. The number of aromatic nitrogens is 5. The third kappa shape index (κ3) is 7.17.